The normalized spacial score (nSPS) is 13.8. The topological polar surface area (TPSA) is 67.9 Å². The lowest BCUT2D eigenvalue weighted by molar-refractivity contribution is -0.117. The number of methoxy groups -OCH3 is 1. The minimum atomic E-state index is -0.234. The minimum absolute atomic E-state index is 0.151. The van der Waals surface area contributed by atoms with E-state index in [9.17, 15) is 9.59 Å². The van der Waals surface area contributed by atoms with Crippen molar-refractivity contribution in [3.63, 3.8) is 0 Å². The van der Waals surface area contributed by atoms with E-state index >= 15 is 0 Å². The number of rotatable bonds is 7. The Kier molecular flexibility index (Phi) is 6.54. The van der Waals surface area contributed by atoms with Crippen molar-refractivity contribution in [1.82, 2.24) is 0 Å². The minimum Gasteiger partial charge on any atom is -0.493 e. The lowest BCUT2D eigenvalue weighted by Crippen LogP contribution is -2.24. The van der Waals surface area contributed by atoms with E-state index in [2.05, 4.69) is 5.32 Å². The molecule has 152 valence electrons. The van der Waals surface area contributed by atoms with E-state index in [1.54, 1.807) is 18.1 Å². The molecule has 1 aliphatic heterocycles. The van der Waals surface area contributed by atoms with E-state index in [0.717, 1.165) is 29.8 Å². The number of aryl methyl sites for hydroxylation is 1. The molecule has 0 aromatic heterocycles. The van der Waals surface area contributed by atoms with Gasteiger partial charge in [-0.1, -0.05) is 6.07 Å². The molecule has 1 N–H and O–H groups in total. The molecule has 0 unspecified atom stereocenters. The van der Waals surface area contributed by atoms with Crippen LogP contribution < -0.4 is 19.7 Å². The van der Waals surface area contributed by atoms with Crippen molar-refractivity contribution in [1.29, 1.82) is 0 Å². The number of nitrogens with one attached hydrogen (secondary N) is 1. The first-order valence-electron chi connectivity index (χ1n) is 9.72. The first-order valence-corrected chi connectivity index (χ1v) is 9.72. The molecule has 0 aliphatic carbocycles. The van der Waals surface area contributed by atoms with Crippen molar-refractivity contribution in [2.45, 2.75) is 26.7 Å². The summed E-state index contributed by atoms with van der Waals surface area (Å²) in [6.07, 6.45) is 4.68. The van der Waals surface area contributed by atoms with Gasteiger partial charge in [0.05, 0.1) is 13.7 Å². The molecule has 3 rings (SSSR count). The summed E-state index contributed by atoms with van der Waals surface area (Å²) in [5.41, 5.74) is 3.39. The molecular formula is C23H26N2O4. The second-order valence-corrected chi connectivity index (χ2v) is 6.82. The van der Waals surface area contributed by atoms with Crippen LogP contribution in [0.25, 0.3) is 6.08 Å². The molecule has 6 heteroatoms. The fourth-order valence-electron chi connectivity index (χ4n) is 3.36. The zero-order valence-corrected chi connectivity index (χ0v) is 17.0. The van der Waals surface area contributed by atoms with Gasteiger partial charge >= 0.3 is 0 Å². The van der Waals surface area contributed by atoms with Crippen LogP contribution >= 0.6 is 0 Å². The monoisotopic (exact) mass is 394 g/mol. The zero-order valence-electron chi connectivity index (χ0n) is 17.0. The second kappa shape index (κ2) is 9.28. The summed E-state index contributed by atoms with van der Waals surface area (Å²) in [5.74, 6) is 1.21. The summed E-state index contributed by atoms with van der Waals surface area (Å²) < 4.78 is 10.8. The predicted octanol–water partition coefficient (Wildman–Crippen LogP) is 4.18. The van der Waals surface area contributed by atoms with Gasteiger partial charge < -0.3 is 19.7 Å². The van der Waals surface area contributed by atoms with Crippen LogP contribution in [-0.4, -0.2) is 32.1 Å². The summed E-state index contributed by atoms with van der Waals surface area (Å²) in [5, 5.41) is 2.86. The molecular weight excluding hydrogens is 368 g/mol. The highest BCUT2D eigenvalue weighted by atomic mass is 16.5. The van der Waals surface area contributed by atoms with E-state index in [1.807, 2.05) is 50.2 Å². The summed E-state index contributed by atoms with van der Waals surface area (Å²) in [6.45, 7) is 5.16. The van der Waals surface area contributed by atoms with Crippen molar-refractivity contribution in [3.8, 4) is 11.5 Å². The SMILES string of the molecule is CCOc1ccc(/C=C/C(=O)Nc2ccc(N3CCCC3=O)c(C)c2)cc1OC. The number of ether oxygens (including phenoxy) is 2. The maximum atomic E-state index is 12.3. The molecule has 0 spiro atoms. The molecule has 0 radical (unpaired) electrons. The van der Waals surface area contributed by atoms with Gasteiger partial charge in [-0.05, 0) is 67.8 Å². The van der Waals surface area contributed by atoms with Gasteiger partial charge in [0.2, 0.25) is 11.8 Å². The predicted molar refractivity (Wildman–Crippen MR) is 115 cm³/mol. The molecule has 0 atom stereocenters. The highest BCUT2D eigenvalue weighted by Crippen LogP contribution is 2.29. The van der Waals surface area contributed by atoms with E-state index in [0.29, 0.717) is 30.2 Å². The Balaban J connectivity index is 1.66. The summed E-state index contributed by atoms with van der Waals surface area (Å²) in [7, 11) is 1.58. The lowest BCUT2D eigenvalue weighted by atomic mass is 10.1. The number of hydrogen-bond donors (Lipinski definition) is 1. The van der Waals surface area contributed by atoms with E-state index < -0.39 is 0 Å². The third kappa shape index (κ3) is 4.96. The molecule has 2 aromatic carbocycles. The number of carbonyl (C=O) groups is 2. The van der Waals surface area contributed by atoms with Gasteiger partial charge in [-0.3, -0.25) is 9.59 Å². The third-order valence-corrected chi connectivity index (χ3v) is 4.74. The van der Waals surface area contributed by atoms with Crippen LogP contribution in [0.5, 0.6) is 11.5 Å². The Bertz CT molecular complexity index is 936. The van der Waals surface area contributed by atoms with Crippen molar-refractivity contribution in [3.05, 3.63) is 53.6 Å². The molecule has 0 bridgehead atoms. The van der Waals surface area contributed by atoms with E-state index in [-0.39, 0.29) is 11.8 Å². The zero-order chi connectivity index (χ0) is 20.8. The van der Waals surface area contributed by atoms with Crippen LogP contribution in [0.2, 0.25) is 0 Å². The Hall–Kier alpha value is -3.28. The van der Waals surface area contributed by atoms with Crippen molar-refractivity contribution in [2.24, 2.45) is 0 Å². The number of hydrogen-bond acceptors (Lipinski definition) is 4. The highest BCUT2D eigenvalue weighted by Gasteiger charge is 2.22. The fourth-order valence-corrected chi connectivity index (χ4v) is 3.36. The van der Waals surface area contributed by atoms with Crippen LogP contribution in [0.3, 0.4) is 0 Å². The van der Waals surface area contributed by atoms with Gasteiger partial charge in [0.1, 0.15) is 0 Å². The smallest absolute Gasteiger partial charge is 0.248 e. The summed E-state index contributed by atoms with van der Waals surface area (Å²) in [4.78, 5) is 26.0. The number of amides is 2. The quantitative estimate of drug-likeness (QED) is 0.716. The average molecular weight is 394 g/mol. The number of benzene rings is 2. The number of anilines is 2. The number of carbonyl (C=O) groups excluding carboxylic acids is 2. The average Bonchev–Trinajstić information content (AvgIpc) is 3.13. The van der Waals surface area contributed by atoms with Crippen molar-refractivity contribution >= 4 is 29.3 Å². The van der Waals surface area contributed by atoms with Gasteiger partial charge in [0.25, 0.3) is 0 Å². The number of nitrogens with zero attached hydrogens (tertiary/aromatic N) is 1. The molecule has 1 fully saturated rings. The maximum absolute atomic E-state index is 12.3. The Labute approximate surface area is 171 Å². The Morgan fingerprint density at radius 2 is 2.03 bits per heavy atom. The molecule has 29 heavy (non-hydrogen) atoms. The van der Waals surface area contributed by atoms with Gasteiger partial charge in [-0.25, -0.2) is 0 Å². The third-order valence-electron chi connectivity index (χ3n) is 4.74. The Morgan fingerprint density at radius 3 is 2.69 bits per heavy atom. The van der Waals surface area contributed by atoms with E-state index in [4.69, 9.17) is 9.47 Å². The molecule has 1 heterocycles. The van der Waals surface area contributed by atoms with Gasteiger partial charge in [-0.2, -0.15) is 0 Å². The first-order chi connectivity index (χ1) is 14.0. The molecule has 0 saturated carbocycles. The van der Waals surface area contributed by atoms with Crippen LogP contribution in [0.4, 0.5) is 11.4 Å². The standard InChI is InChI=1S/C23H26N2O4/c1-4-29-20-11-7-17(15-21(20)28-3)8-12-22(26)24-18-9-10-19(16(2)14-18)25-13-5-6-23(25)27/h7-12,14-15H,4-6,13H2,1-3H3,(H,24,26)/b12-8+. The van der Waals surface area contributed by atoms with E-state index in [1.165, 1.54) is 6.08 Å². The molecule has 1 saturated heterocycles. The first kappa shape index (κ1) is 20.5. The van der Waals surface area contributed by atoms with Gasteiger partial charge in [0.15, 0.2) is 11.5 Å². The summed E-state index contributed by atoms with van der Waals surface area (Å²) in [6, 6.07) is 11.1. The van der Waals surface area contributed by atoms with Crippen molar-refractivity contribution < 1.29 is 19.1 Å². The second-order valence-electron chi connectivity index (χ2n) is 6.82. The lowest BCUT2D eigenvalue weighted by Gasteiger charge is -2.19. The largest absolute Gasteiger partial charge is 0.493 e. The van der Waals surface area contributed by atoms with Crippen LogP contribution in [0, 0.1) is 6.92 Å². The molecule has 1 aliphatic rings. The fraction of sp³-hybridized carbons (Fsp3) is 0.304. The van der Waals surface area contributed by atoms with Gasteiger partial charge in [-0.15, -0.1) is 0 Å². The molecule has 2 amide bonds. The Morgan fingerprint density at radius 1 is 1.21 bits per heavy atom. The van der Waals surface area contributed by atoms with Crippen LogP contribution in [-0.2, 0) is 9.59 Å². The van der Waals surface area contributed by atoms with Crippen LogP contribution in [0.1, 0.15) is 30.9 Å². The van der Waals surface area contributed by atoms with Gasteiger partial charge in [0, 0.05) is 30.4 Å². The van der Waals surface area contributed by atoms with Crippen LogP contribution in [0.15, 0.2) is 42.5 Å². The molecule has 6 nitrogen and oxygen atoms in total. The summed E-state index contributed by atoms with van der Waals surface area (Å²) >= 11 is 0. The van der Waals surface area contributed by atoms with Crippen molar-refractivity contribution in [2.75, 3.05) is 30.5 Å². The molecule has 2 aromatic rings. The highest BCUT2D eigenvalue weighted by molar-refractivity contribution is 6.02. The maximum Gasteiger partial charge on any atom is 0.248 e.